The third-order valence-corrected chi connectivity index (χ3v) is 8.25. The molecule has 3 amide bonds. The van der Waals surface area contributed by atoms with Crippen LogP contribution in [-0.2, 0) is 29.9 Å². The molecule has 3 aromatic rings. The molecule has 222 valence electrons. The zero-order valence-corrected chi connectivity index (χ0v) is 25.0. The van der Waals surface area contributed by atoms with Crippen molar-refractivity contribution in [2.45, 2.75) is 58.3 Å². The van der Waals surface area contributed by atoms with Crippen molar-refractivity contribution in [3.63, 3.8) is 0 Å². The normalized spacial score (nSPS) is 15.5. The lowest BCUT2D eigenvalue weighted by molar-refractivity contribution is -0.0217. The van der Waals surface area contributed by atoms with Gasteiger partial charge in [-0.2, -0.15) is 0 Å². The number of fused-ring (bicyclic) bond motifs is 2. The maximum atomic E-state index is 13.3. The molecule has 9 heteroatoms. The van der Waals surface area contributed by atoms with Crippen LogP contribution in [0.2, 0.25) is 0 Å². The Bertz CT molecular complexity index is 1420. The molecule has 0 radical (unpaired) electrons. The molecule has 0 saturated heterocycles. The number of aromatic nitrogens is 1. The Hall–Kier alpha value is -4.11. The Kier molecular flexibility index (Phi) is 8.68. The van der Waals surface area contributed by atoms with Gasteiger partial charge in [0, 0.05) is 57.2 Å². The molecule has 1 aliphatic heterocycles. The molecule has 0 unspecified atom stereocenters. The Labute approximate surface area is 247 Å². The zero-order valence-electron chi connectivity index (χ0n) is 25.0. The third kappa shape index (κ3) is 6.21. The van der Waals surface area contributed by atoms with Gasteiger partial charge in [0.25, 0.3) is 11.8 Å². The van der Waals surface area contributed by atoms with Gasteiger partial charge in [0.05, 0.1) is 12.1 Å². The number of carbonyl (C=O) groups excluding carboxylic acids is 3. The van der Waals surface area contributed by atoms with Gasteiger partial charge < -0.3 is 19.5 Å². The number of amides is 3. The fraction of sp³-hybridized carbons (Fsp3) is 0.424. The fourth-order valence-electron chi connectivity index (χ4n) is 5.83. The molecule has 5 rings (SSSR count). The van der Waals surface area contributed by atoms with Gasteiger partial charge in [0.2, 0.25) is 0 Å². The number of rotatable bonds is 9. The number of hydrogen-bond donors (Lipinski definition) is 2. The highest BCUT2D eigenvalue weighted by molar-refractivity contribution is 5.94. The second kappa shape index (κ2) is 12.4. The quantitative estimate of drug-likeness (QED) is 0.367. The van der Waals surface area contributed by atoms with Gasteiger partial charge in [0.15, 0.2) is 0 Å². The maximum absolute atomic E-state index is 13.3. The van der Waals surface area contributed by atoms with Gasteiger partial charge in [-0.15, -0.1) is 0 Å². The molecular weight excluding hydrogens is 530 g/mol. The van der Waals surface area contributed by atoms with Gasteiger partial charge in [0.1, 0.15) is 5.69 Å². The van der Waals surface area contributed by atoms with Gasteiger partial charge in [-0.05, 0) is 72.7 Å². The summed E-state index contributed by atoms with van der Waals surface area (Å²) in [7, 11) is 3.53. The molecule has 2 aromatic carbocycles. The minimum absolute atomic E-state index is 0.00625. The highest BCUT2D eigenvalue weighted by Gasteiger charge is 2.48. The monoisotopic (exact) mass is 571 g/mol. The van der Waals surface area contributed by atoms with Crippen LogP contribution in [0.1, 0.15) is 70.8 Å². The molecular formula is C33H41N5O4. The highest BCUT2D eigenvalue weighted by atomic mass is 16.5. The average Bonchev–Trinajstić information content (AvgIpc) is 3.39. The van der Waals surface area contributed by atoms with Crippen molar-refractivity contribution in [2.24, 2.45) is 5.92 Å². The molecule has 1 aromatic heterocycles. The first kappa shape index (κ1) is 29.4. The van der Waals surface area contributed by atoms with Crippen LogP contribution >= 0.6 is 0 Å². The van der Waals surface area contributed by atoms with Crippen LogP contribution in [-0.4, -0.2) is 59.5 Å². The minimum Gasteiger partial charge on any atom is -0.449 e. The molecule has 1 saturated carbocycles. The van der Waals surface area contributed by atoms with Crippen LogP contribution in [0.4, 0.5) is 10.5 Å². The number of ether oxygens (including phenoxy) is 1. The summed E-state index contributed by atoms with van der Waals surface area (Å²) in [6.45, 7) is 7.14. The summed E-state index contributed by atoms with van der Waals surface area (Å²) in [6, 6.07) is 19.4. The molecule has 2 aliphatic rings. The van der Waals surface area contributed by atoms with Gasteiger partial charge in [-0.25, -0.2) is 4.79 Å². The Balaban J connectivity index is 1.20. The summed E-state index contributed by atoms with van der Waals surface area (Å²) in [6.07, 6.45) is 2.83. The number of nitrogens with one attached hydrogen (secondary N) is 2. The van der Waals surface area contributed by atoms with Crippen molar-refractivity contribution in [1.29, 1.82) is 0 Å². The van der Waals surface area contributed by atoms with Crippen molar-refractivity contribution >= 4 is 23.6 Å². The van der Waals surface area contributed by atoms with Crippen LogP contribution < -0.4 is 10.6 Å². The first-order chi connectivity index (χ1) is 20.2. The SMILES string of the molecule is CC(C)COC(=O)Nc1ccc(CNC(=O)c2ccc3n2CCN(Cc2ccc(C(=O)N(C)C)cc2)C32CCC2)cc1. The molecule has 42 heavy (non-hydrogen) atoms. The van der Waals surface area contributed by atoms with Crippen LogP contribution in [0.5, 0.6) is 0 Å². The maximum Gasteiger partial charge on any atom is 0.411 e. The van der Waals surface area contributed by atoms with Crippen molar-refractivity contribution in [2.75, 3.05) is 32.6 Å². The number of nitrogens with zero attached hydrogens (tertiary/aromatic N) is 3. The van der Waals surface area contributed by atoms with E-state index in [4.69, 9.17) is 4.74 Å². The van der Waals surface area contributed by atoms with Crippen molar-refractivity contribution in [3.8, 4) is 0 Å². The second-order valence-corrected chi connectivity index (χ2v) is 12.0. The van der Waals surface area contributed by atoms with E-state index < -0.39 is 6.09 Å². The first-order valence-electron chi connectivity index (χ1n) is 14.7. The van der Waals surface area contributed by atoms with E-state index in [9.17, 15) is 14.4 Å². The predicted molar refractivity (Wildman–Crippen MR) is 162 cm³/mol. The molecule has 2 N–H and O–H groups in total. The summed E-state index contributed by atoms with van der Waals surface area (Å²) in [5, 5.41) is 5.79. The summed E-state index contributed by atoms with van der Waals surface area (Å²) in [4.78, 5) is 41.6. The minimum atomic E-state index is -0.472. The Morgan fingerprint density at radius 3 is 2.24 bits per heavy atom. The van der Waals surface area contributed by atoms with E-state index in [2.05, 4.69) is 38.3 Å². The molecule has 2 heterocycles. The number of anilines is 1. The summed E-state index contributed by atoms with van der Waals surface area (Å²) in [5.74, 6) is 0.188. The molecule has 0 bridgehead atoms. The lowest BCUT2D eigenvalue weighted by atomic mass is 9.71. The van der Waals surface area contributed by atoms with E-state index in [-0.39, 0.29) is 23.3 Å². The summed E-state index contributed by atoms with van der Waals surface area (Å²) < 4.78 is 7.35. The number of hydrogen-bond acceptors (Lipinski definition) is 5. The van der Waals surface area contributed by atoms with Crippen molar-refractivity contribution in [3.05, 3.63) is 88.7 Å². The highest BCUT2D eigenvalue weighted by Crippen LogP contribution is 2.49. The molecule has 1 fully saturated rings. The van der Waals surface area contributed by atoms with E-state index in [1.54, 1.807) is 31.1 Å². The van der Waals surface area contributed by atoms with Crippen LogP contribution in [0.3, 0.4) is 0 Å². The van der Waals surface area contributed by atoms with Gasteiger partial charge >= 0.3 is 6.09 Å². The molecule has 9 nitrogen and oxygen atoms in total. The molecule has 1 spiro atoms. The smallest absolute Gasteiger partial charge is 0.411 e. The van der Waals surface area contributed by atoms with Crippen molar-refractivity contribution in [1.82, 2.24) is 19.7 Å². The van der Waals surface area contributed by atoms with E-state index in [1.165, 1.54) is 17.7 Å². The largest absolute Gasteiger partial charge is 0.449 e. The van der Waals surface area contributed by atoms with Crippen LogP contribution in [0, 0.1) is 5.92 Å². The Morgan fingerprint density at radius 1 is 0.929 bits per heavy atom. The average molecular weight is 572 g/mol. The zero-order chi connectivity index (χ0) is 29.9. The topological polar surface area (TPSA) is 95.9 Å². The Morgan fingerprint density at radius 2 is 1.62 bits per heavy atom. The number of carbonyl (C=O) groups is 3. The van der Waals surface area contributed by atoms with Gasteiger partial charge in [-0.1, -0.05) is 38.1 Å². The predicted octanol–water partition coefficient (Wildman–Crippen LogP) is 5.22. The standard InChI is InChI=1S/C33H41N5O4/c1-23(2)22-42-32(41)35-27-12-8-24(9-13-27)20-34-30(39)28-14-15-29-33(16-5-17-33)37(18-19-38(28)29)21-25-6-10-26(11-7-25)31(40)36(3)4/h6-15,23H,5,16-22H2,1-4H3,(H,34,39)(H,35,41). The lowest BCUT2D eigenvalue weighted by Gasteiger charge is -2.53. The number of benzene rings is 2. The van der Waals surface area contributed by atoms with Crippen molar-refractivity contribution < 1.29 is 19.1 Å². The fourth-order valence-corrected chi connectivity index (χ4v) is 5.83. The van der Waals surface area contributed by atoms with E-state index in [0.717, 1.165) is 38.0 Å². The van der Waals surface area contributed by atoms with Crippen LogP contribution in [0.15, 0.2) is 60.7 Å². The van der Waals surface area contributed by atoms with Gasteiger partial charge in [-0.3, -0.25) is 19.8 Å². The first-order valence-corrected chi connectivity index (χ1v) is 14.7. The lowest BCUT2D eigenvalue weighted by Crippen LogP contribution is -2.56. The molecule has 1 aliphatic carbocycles. The molecule has 0 atom stereocenters. The van der Waals surface area contributed by atoms with E-state index >= 15 is 0 Å². The third-order valence-electron chi connectivity index (χ3n) is 8.25. The second-order valence-electron chi connectivity index (χ2n) is 12.0. The van der Waals surface area contributed by atoms with E-state index in [1.807, 2.05) is 44.2 Å². The summed E-state index contributed by atoms with van der Waals surface area (Å²) >= 11 is 0. The van der Waals surface area contributed by atoms with E-state index in [0.29, 0.717) is 30.1 Å². The van der Waals surface area contributed by atoms with Crippen LogP contribution in [0.25, 0.3) is 0 Å². The summed E-state index contributed by atoms with van der Waals surface area (Å²) in [5.41, 5.74) is 5.30.